The molecule has 0 aliphatic heterocycles. The SMILES string of the molecule is CCOc1ccc(CC(C)(CO)c2cccc(F)c2)cc1. The largest absolute Gasteiger partial charge is 0.494 e. The molecule has 1 atom stereocenters. The molecular weight excluding hydrogens is 267 g/mol. The van der Waals surface area contributed by atoms with Crippen molar-refractivity contribution in [2.45, 2.75) is 25.7 Å². The van der Waals surface area contributed by atoms with Crippen molar-refractivity contribution < 1.29 is 14.2 Å². The van der Waals surface area contributed by atoms with E-state index in [1.165, 1.54) is 12.1 Å². The minimum atomic E-state index is -0.505. The maximum absolute atomic E-state index is 13.4. The van der Waals surface area contributed by atoms with E-state index in [9.17, 15) is 9.50 Å². The minimum absolute atomic E-state index is 0.0380. The van der Waals surface area contributed by atoms with Crippen LogP contribution in [0.1, 0.15) is 25.0 Å². The van der Waals surface area contributed by atoms with Gasteiger partial charge in [-0.15, -0.1) is 0 Å². The second-order valence-electron chi connectivity index (χ2n) is 5.48. The molecule has 0 aliphatic rings. The highest BCUT2D eigenvalue weighted by molar-refractivity contribution is 5.32. The van der Waals surface area contributed by atoms with Crippen LogP contribution in [0.2, 0.25) is 0 Å². The lowest BCUT2D eigenvalue weighted by Crippen LogP contribution is -2.29. The highest BCUT2D eigenvalue weighted by Gasteiger charge is 2.26. The molecule has 2 nitrogen and oxygen atoms in total. The van der Waals surface area contributed by atoms with Gasteiger partial charge in [0.05, 0.1) is 13.2 Å². The van der Waals surface area contributed by atoms with Crippen molar-refractivity contribution in [3.05, 3.63) is 65.5 Å². The van der Waals surface area contributed by atoms with Gasteiger partial charge in [-0.05, 0) is 48.7 Å². The van der Waals surface area contributed by atoms with E-state index in [0.717, 1.165) is 16.9 Å². The Morgan fingerprint density at radius 2 is 1.86 bits per heavy atom. The van der Waals surface area contributed by atoms with Gasteiger partial charge in [-0.3, -0.25) is 0 Å². The molecule has 2 aromatic carbocycles. The van der Waals surface area contributed by atoms with Crippen LogP contribution in [0.15, 0.2) is 48.5 Å². The summed E-state index contributed by atoms with van der Waals surface area (Å²) in [7, 11) is 0. The van der Waals surface area contributed by atoms with Gasteiger partial charge in [-0.25, -0.2) is 4.39 Å². The topological polar surface area (TPSA) is 29.5 Å². The van der Waals surface area contributed by atoms with E-state index in [-0.39, 0.29) is 12.4 Å². The van der Waals surface area contributed by atoms with E-state index in [2.05, 4.69) is 0 Å². The number of rotatable bonds is 6. The van der Waals surface area contributed by atoms with Crippen LogP contribution in [0.5, 0.6) is 5.75 Å². The quantitative estimate of drug-likeness (QED) is 0.878. The Balaban J connectivity index is 2.21. The predicted octanol–water partition coefficient (Wildman–Crippen LogP) is 3.72. The minimum Gasteiger partial charge on any atom is -0.494 e. The van der Waals surface area contributed by atoms with Gasteiger partial charge in [-0.1, -0.05) is 31.2 Å². The Bertz CT molecular complexity index is 580. The summed E-state index contributed by atoms with van der Waals surface area (Å²) in [5.74, 6) is 0.552. The molecule has 0 aromatic heterocycles. The summed E-state index contributed by atoms with van der Waals surface area (Å²) in [5.41, 5.74) is 1.38. The first-order valence-electron chi connectivity index (χ1n) is 7.16. The molecular formula is C18H21FO2. The van der Waals surface area contributed by atoms with Crippen molar-refractivity contribution in [3.8, 4) is 5.75 Å². The number of hydrogen-bond donors (Lipinski definition) is 1. The zero-order chi connectivity index (χ0) is 15.3. The van der Waals surface area contributed by atoms with Crippen molar-refractivity contribution in [3.63, 3.8) is 0 Å². The van der Waals surface area contributed by atoms with Gasteiger partial charge >= 0.3 is 0 Å². The second kappa shape index (κ2) is 6.72. The van der Waals surface area contributed by atoms with Crippen LogP contribution in [0.3, 0.4) is 0 Å². The summed E-state index contributed by atoms with van der Waals surface area (Å²) in [6, 6.07) is 14.2. The lowest BCUT2D eigenvalue weighted by molar-refractivity contribution is 0.204. The first kappa shape index (κ1) is 15.5. The zero-order valence-corrected chi connectivity index (χ0v) is 12.5. The molecule has 1 N–H and O–H groups in total. The van der Waals surface area contributed by atoms with Gasteiger partial charge in [0, 0.05) is 5.41 Å². The lowest BCUT2D eigenvalue weighted by atomic mass is 9.78. The zero-order valence-electron chi connectivity index (χ0n) is 12.5. The Morgan fingerprint density at radius 1 is 1.14 bits per heavy atom. The lowest BCUT2D eigenvalue weighted by Gasteiger charge is -2.28. The summed E-state index contributed by atoms with van der Waals surface area (Å²) in [6.45, 7) is 4.49. The van der Waals surface area contributed by atoms with Crippen molar-refractivity contribution in [2.24, 2.45) is 0 Å². The van der Waals surface area contributed by atoms with Gasteiger partial charge in [0.1, 0.15) is 11.6 Å². The first-order chi connectivity index (χ1) is 10.1. The van der Waals surface area contributed by atoms with E-state index >= 15 is 0 Å². The van der Waals surface area contributed by atoms with Crippen LogP contribution in [0.4, 0.5) is 4.39 Å². The van der Waals surface area contributed by atoms with Crippen LogP contribution in [0.25, 0.3) is 0 Å². The molecule has 0 heterocycles. The monoisotopic (exact) mass is 288 g/mol. The highest BCUT2D eigenvalue weighted by Crippen LogP contribution is 2.29. The van der Waals surface area contributed by atoms with E-state index in [1.807, 2.05) is 44.2 Å². The number of benzene rings is 2. The van der Waals surface area contributed by atoms with Crippen LogP contribution in [0, 0.1) is 5.82 Å². The van der Waals surface area contributed by atoms with Gasteiger partial charge < -0.3 is 9.84 Å². The van der Waals surface area contributed by atoms with Crippen LogP contribution < -0.4 is 4.74 Å². The molecule has 1 unspecified atom stereocenters. The number of aliphatic hydroxyl groups excluding tert-OH is 1. The molecule has 0 saturated carbocycles. The molecule has 0 spiro atoms. The van der Waals surface area contributed by atoms with Crippen molar-refractivity contribution in [2.75, 3.05) is 13.2 Å². The van der Waals surface area contributed by atoms with E-state index in [4.69, 9.17) is 4.74 Å². The van der Waals surface area contributed by atoms with Crippen LogP contribution in [-0.2, 0) is 11.8 Å². The standard InChI is InChI=1S/C18H21FO2/c1-3-21-17-9-7-14(8-10-17)12-18(2,13-20)15-5-4-6-16(19)11-15/h4-11,20H,3,12-13H2,1-2H3. The second-order valence-corrected chi connectivity index (χ2v) is 5.48. The van der Waals surface area contributed by atoms with Crippen molar-refractivity contribution in [1.82, 2.24) is 0 Å². The molecule has 0 fully saturated rings. The number of aliphatic hydroxyl groups is 1. The maximum Gasteiger partial charge on any atom is 0.123 e. The Morgan fingerprint density at radius 3 is 2.43 bits per heavy atom. The Hall–Kier alpha value is -1.87. The molecule has 2 aromatic rings. The molecule has 0 saturated heterocycles. The average Bonchev–Trinajstić information content (AvgIpc) is 2.49. The molecule has 2 rings (SSSR count). The molecule has 0 bridgehead atoms. The third kappa shape index (κ3) is 3.82. The first-order valence-corrected chi connectivity index (χ1v) is 7.16. The van der Waals surface area contributed by atoms with Crippen LogP contribution in [-0.4, -0.2) is 18.3 Å². The summed E-state index contributed by atoms with van der Waals surface area (Å²) < 4.78 is 18.8. The predicted molar refractivity (Wildman–Crippen MR) is 82.2 cm³/mol. The molecule has 112 valence electrons. The molecule has 3 heteroatoms. The maximum atomic E-state index is 13.4. The smallest absolute Gasteiger partial charge is 0.123 e. The van der Waals surface area contributed by atoms with Gasteiger partial charge in [-0.2, -0.15) is 0 Å². The highest BCUT2D eigenvalue weighted by atomic mass is 19.1. The van der Waals surface area contributed by atoms with E-state index in [0.29, 0.717) is 13.0 Å². The summed E-state index contributed by atoms with van der Waals surface area (Å²) in [6.07, 6.45) is 0.638. The number of hydrogen-bond acceptors (Lipinski definition) is 2. The van der Waals surface area contributed by atoms with Gasteiger partial charge in [0.2, 0.25) is 0 Å². The van der Waals surface area contributed by atoms with Gasteiger partial charge in [0.25, 0.3) is 0 Å². The summed E-state index contributed by atoms with van der Waals surface area (Å²) in [5, 5.41) is 9.78. The fourth-order valence-corrected chi connectivity index (χ4v) is 2.43. The Kier molecular flexibility index (Phi) is 4.97. The summed E-state index contributed by atoms with van der Waals surface area (Å²) >= 11 is 0. The van der Waals surface area contributed by atoms with Crippen molar-refractivity contribution >= 4 is 0 Å². The molecule has 0 aliphatic carbocycles. The van der Waals surface area contributed by atoms with Crippen molar-refractivity contribution in [1.29, 1.82) is 0 Å². The third-order valence-electron chi connectivity index (χ3n) is 3.70. The number of halogens is 1. The molecule has 21 heavy (non-hydrogen) atoms. The number of ether oxygens (including phenoxy) is 1. The Labute approximate surface area is 125 Å². The van der Waals surface area contributed by atoms with Gasteiger partial charge in [0.15, 0.2) is 0 Å². The summed E-state index contributed by atoms with van der Waals surface area (Å²) in [4.78, 5) is 0. The van der Waals surface area contributed by atoms with E-state index < -0.39 is 5.41 Å². The third-order valence-corrected chi connectivity index (χ3v) is 3.70. The fourth-order valence-electron chi connectivity index (χ4n) is 2.43. The fraction of sp³-hybridized carbons (Fsp3) is 0.333. The average molecular weight is 288 g/mol. The van der Waals surface area contributed by atoms with Crippen LogP contribution >= 0.6 is 0 Å². The molecule has 0 radical (unpaired) electrons. The molecule has 0 amide bonds. The van der Waals surface area contributed by atoms with E-state index in [1.54, 1.807) is 6.07 Å². The normalized spacial score (nSPS) is 13.7.